The molecule has 0 radical (unpaired) electrons. The summed E-state index contributed by atoms with van der Waals surface area (Å²) in [6.07, 6.45) is 8.16. The van der Waals surface area contributed by atoms with Gasteiger partial charge in [0.2, 0.25) is 5.91 Å². The number of carbonyl (C=O) groups excluding carboxylic acids is 1. The average Bonchev–Trinajstić information content (AvgIpc) is 3.48. The summed E-state index contributed by atoms with van der Waals surface area (Å²) >= 11 is 0. The van der Waals surface area contributed by atoms with Gasteiger partial charge in [0.1, 0.15) is 17.7 Å². The molecule has 1 amide bonds. The van der Waals surface area contributed by atoms with Gasteiger partial charge < -0.3 is 5.32 Å². The van der Waals surface area contributed by atoms with Gasteiger partial charge in [0, 0.05) is 23.7 Å². The minimum atomic E-state index is -0.237. The number of halogens is 1. The zero-order chi connectivity index (χ0) is 20.7. The molecule has 3 aromatic rings. The molecule has 2 aliphatic carbocycles. The van der Waals surface area contributed by atoms with Crippen molar-refractivity contribution in [2.45, 2.75) is 38.0 Å². The number of rotatable bonds is 3. The van der Waals surface area contributed by atoms with Crippen LogP contribution >= 0.6 is 0 Å². The molecule has 2 aromatic heterocycles. The molecule has 2 fully saturated rings. The van der Waals surface area contributed by atoms with Crippen LogP contribution in [0.15, 0.2) is 48.8 Å². The number of amides is 1. The van der Waals surface area contributed by atoms with Crippen molar-refractivity contribution in [3.05, 3.63) is 65.7 Å². The van der Waals surface area contributed by atoms with Crippen LogP contribution in [0.5, 0.6) is 0 Å². The highest BCUT2D eigenvalue weighted by Crippen LogP contribution is 2.63. The highest BCUT2D eigenvalue weighted by atomic mass is 19.1. The Morgan fingerprint density at radius 3 is 2.73 bits per heavy atom. The first-order valence-corrected chi connectivity index (χ1v) is 10.3. The first-order valence-electron chi connectivity index (χ1n) is 10.3. The summed E-state index contributed by atoms with van der Waals surface area (Å²) < 4.78 is 13.8. The maximum Gasteiger partial charge on any atom is 0.229 e. The molecule has 0 saturated heterocycles. The molecule has 2 aliphatic rings. The molecule has 1 N–H and O–H groups in total. The molecule has 2 heterocycles. The van der Waals surface area contributed by atoms with Crippen LogP contribution in [-0.4, -0.2) is 15.9 Å². The lowest BCUT2D eigenvalue weighted by Gasteiger charge is -2.30. The zero-order valence-electron chi connectivity index (χ0n) is 16.4. The standard InChI is InChI=1S/C24H21FN4O/c25-17-2-3-21-19(11-17)18(7-10-27-21)16-5-8-24(9-6-16)12-20(24)23(30)29-22-4-1-15(13-26)14-28-22/h1-4,7,10-11,14,16,20H,5-6,8-9,12H2,(H,28,29,30)/t16?,20-,24?/m1/s1. The summed E-state index contributed by atoms with van der Waals surface area (Å²) in [5, 5.41) is 12.6. The van der Waals surface area contributed by atoms with Crippen LogP contribution in [0, 0.1) is 28.5 Å². The minimum absolute atomic E-state index is 0.0158. The zero-order valence-corrected chi connectivity index (χ0v) is 16.4. The third-order valence-corrected chi connectivity index (χ3v) is 6.81. The molecule has 150 valence electrons. The number of aromatic nitrogens is 2. The SMILES string of the molecule is N#Cc1ccc(NC(=O)[C@H]2CC23CCC(c2ccnc4ccc(F)cc24)CC3)nc1. The van der Waals surface area contributed by atoms with Gasteiger partial charge >= 0.3 is 0 Å². The molecule has 5 rings (SSSR count). The largest absolute Gasteiger partial charge is 0.310 e. The maximum absolute atomic E-state index is 13.8. The maximum atomic E-state index is 13.8. The van der Waals surface area contributed by atoms with E-state index in [1.54, 1.807) is 30.5 Å². The molecule has 5 nitrogen and oxygen atoms in total. The van der Waals surface area contributed by atoms with Gasteiger partial charge in [-0.25, -0.2) is 9.37 Å². The van der Waals surface area contributed by atoms with E-state index in [1.165, 1.54) is 12.3 Å². The van der Waals surface area contributed by atoms with Crippen molar-refractivity contribution >= 4 is 22.6 Å². The summed E-state index contributed by atoms with van der Waals surface area (Å²) in [6.45, 7) is 0. The number of anilines is 1. The van der Waals surface area contributed by atoms with Crippen LogP contribution in [0.4, 0.5) is 10.2 Å². The Balaban J connectivity index is 1.25. The van der Waals surface area contributed by atoms with E-state index >= 15 is 0 Å². The number of benzene rings is 1. The third-order valence-electron chi connectivity index (χ3n) is 6.81. The second kappa shape index (κ2) is 7.17. The average molecular weight is 400 g/mol. The Hall–Kier alpha value is -3.33. The van der Waals surface area contributed by atoms with Gasteiger partial charge in [-0.15, -0.1) is 0 Å². The van der Waals surface area contributed by atoms with Crippen molar-refractivity contribution in [1.82, 2.24) is 9.97 Å². The number of nitrogens with zero attached hydrogens (tertiary/aromatic N) is 3. The second-order valence-corrected chi connectivity index (χ2v) is 8.49. The van der Waals surface area contributed by atoms with E-state index in [9.17, 15) is 9.18 Å². The highest BCUT2D eigenvalue weighted by Gasteiger charge is 2.58. The lowest BCUT2D eigenvalue weighted by molar-refractivity contribution is -0.118. The number of nitriles is 1. The first-order chi connectivity index (χ1) is 14.6. The van der Waals surface area contributed by atoms with Crippen molar-refractivity contribution in [3.63, 3.8) is 0 Å². The smallest absolute Gasteiger partial charge is 0.229 e. The summed E-state index contributed by atoms with van der Waals surface area (Å²) in [5.74, 6) is 0.649. The molecule has 30 heavy (non-hydrogen) atoms. The lowest BCUT2D eigenvalue weighted by Crippen LogP contribution is -2.23. The number of fused-ring (bicyclic) bond motifs is 1. The second-order valence-electron chi connectivity index (χ2n) is 8.49. The number of hydrogen-bond donors (Lipinski definition) is 1. The fraction of sp³-hybridized carbons (Fsp3) is 0.333. The van der Waals surface area contributed by atoms with E-state index < -0.39 is 0 Å². The Kier molecular flexibility index (Phi) is 4.47. The number of hydrogen-bond acceptors (Lipinski definition) is 4. The van der Waals surface area contributed by atoms with Crippen LogP contribution in [0.3, 0.4) is 0 Å². The Morgan fingerprint density at radius 1 is 1.17 bits per heavy atom. The van der Waals surface area contributed by atoms with Crippen LogP contribution in [-0.2, 0) is 4.79 Å². The molecule has 1 spiro atoms. The molecule has 1 atom stereocenters. The Bertz CT molecular complexity index is 1160. The van der Waals surface area contributed by atoms with Gasteiger partial charge in [0.05, 0.1) is 11.1 Å². The summed E-state index contributed by atoms with van der Waals surface area (Å²) in [4.78, 5) is 21.2. The van der Waals surface area contributed by atoms with Crippen LogP contribution in [0.2, 0.25) is 0 Å². The summed E-state index contributed by atoms with van der Waals surface area (Å²) in [7, 11) is 0. The van der Waals surface area contributed by atoms with Crippen LogP contribution < -0.4 is 5.32 Å². The molecule has 0 aliphatic heterocycles. The summed E-state index contributed by atoms with van der Waals surface area (Å²) in [5.41, 5.74) is 2.55. The van der Waals surface area contributed by atoms with E-state index in [1.807, 2.05) is 12.1 Å². The van der Waals surface area contributed by atoms with Gasteiger partial charge in [-0.2, -0.15) is 5.26 Å². The number of carbonyl (C=O) groups is 1. The fourth-order valence-electron chi connectivity index (χ4n) is 5.02. The fourth-order valence-corrected chi connectivity index (χ4v) is 5.02. The highest BCUT2D eigenvalue weighted by molar-refractivity contribution is 5.94. The molecular weight excluding hydrogens is 379 g/mol. The number of pyridine rings is 2. The quantitative estimate of drug-likeness (QED) is 0.675. The minimum Gasteiger partial charge on any atom is -0.310 e. The van der Waals surface area contributed by atoms with Gasteiger partial charge in [-0.05, 0) is 85.4 Å². The van der Waals surface area contributed by atoms with E-state index in [0.29, 0.717) is 17.3 Å². The predicted octanol–water partition coefficient (Wildman–Crippen LogP) is 4.94. The molecule has 0 unspecified atom stereocenters. The molecule has 2 saturated carbocycles. The third kappa shape index (κ3) is 3.30. The Morgan fingerprint density at radius 2 is 2.00 bits per heavy atom. The molecule has 0 bridgehead atoms. The van der Waals surface area contributed by atoms with Crippen molar-refractivity contribution in [2.24, 2.45) is 11.3 Å². The van der Waals surface area contributed by atoms with Gasteiger partial charge in [0.25, 0.3) is 0 Å². The number of nitrogens with one attached hydrogen (secondary N) is 1. The molecular formula is C24H21FN4O. The van der Waals surface area contributed by atoms with Gasteiger partial charge in [-0.1, -0.05) is 0 Å². The van der Waals surface area contributed by atoms with Crippen LogP contribution in [0.25, 0.3) is 10.9 Å². The lowest BCUT2D eigenvalue weighted by atomic mass is 9.75. The van der Waals surface area contributed by atoms with Crippen molar-refractivity contribution in [2.75, 3.05) is 5.32 Å². The van der Waals surface area contributed by atoms with Crippen LogP contribution in [0.1, 0.15) is 49.1 Å². The van der Waals surface area contributed by atoms with Crippen molar-refractivity contribution in [3.8, 4) is 6.07 Å². The Labute approximate surface area is 174 Å². The molecule has 1 aromatic carbocycles. The normalized spacial score (nSPS) is 25.1. The molecule has 6 heteroatoms. The van der Waals surface area contributed by atoms with Crippen molar-refractivity contribution in [1.29, 1.82) is 5.26 Å². The first kappa shape index (κ1) is 18.7. The van der Waals surface area contributed by atoms with E-state index in [-0.39, 0.29) is 23.1 Å². The van der Waals surface area contributed by atoms with Gasteiger partial charge in [-0.3, -0.25) is 9.78 Å². The van der Waals surface area contributed by atoms with Gasteiger partial charge in [0.15, 0.2) is 0 Å². The monoisotopic (exact) mass is 400 g/mol. The summed E-state index contributed by atoms with van der Waals surface area (Å²) in [6, 6.07) is 12.1. The topological polar surface area (TPSA) is 78.7 Å². The predicted molar refractivity (Wildman–Crippen MR) is 111 cm³/mol. The van der Waals surface area contributed by atoms with Crippen molar-refractivity contribution < 1.29 is 9.18 Å². The van der Waals surface area contributed by atoms with E-state index in [4.69, 9.17) is 5.26 Å². The van der Waals surface area contributed by atoms with E-state index in [0.717, 1.165) is 48.6 Å². The van der Waals surface area contributed by atoms with E-state index in [2.05, 4.69) is 15.3 Å².